The Morgan fingerprint density at radius 2 is 2.06 bits per heavy atom. The number of hydrogen-bond donors (Lipinski definition) is 1. The molecule has 1 aromatic heterocycles. The molecule has 0 bridgehead atoms. The van der Waals surface area contributed by atoms with Crippen molar-refractivity contribution < 1.29 is 0 Å². The summed E-state index contributed by atoms with van der Waals surface area (Å²) >= 11 is 1.63. The Morgan fingerprint density at radius 3 is 2.72 bits per heavy atom. The third kappa shape index (κ3) is 2.43. The quantitative estimate of drug-likeness (QED) is 0.854. The van der Waals surface area contributed by atoms with Crippen molar-refractivity contribution in [2.45, 2.75) is 33.2 Å². The summed E-state index contributed by atoms with van der Waals surface area (Å²) in [6, 6.07) is 4.69. The lowest BCUT2D eigenvalue weighted by molar-refractivity contribution is 0.504. The predicted molar refractivity (Wildman–Crippen MR) is 81.4 cm³/mol. The van der Waals surface area contributed by atoms with Crippen LogP contribution in [0.3, 0.4) is 0 Å². The number of aromatic nitrogens is 1. The van der Waals surface area contributed by atoms with Gasteiger partial charge in [0.2, 0.25) is 0 Å². The van der Waals surface area contributed by atoms with E-state index in [2.05, 4.69) is 49.8 Å². The lowest BCUT2D eigenvalue weighted by Gasteiger charge is -2.29. The van der Waals surface area contributed by atoms with Crippen LogP contribution in [0.15, 0.2) is 17.6 Å². The highest BCUT2D eigenvalue weighted by molar-refractivity contribution is 7.16. The molecule has 0 aliphatic carbocycles. The van der Waals surface area contributed by atoms with Crippen molar-refractivity contribution in [2.24, 2.45) is 5.92 Å². The van der Waals surface area contributed by atoms with E-state index in [4.69, 9.17) is 5.73 Å². The molecule has 98 valence electrons. The maximum atomic E-state index is 6.24. The summed E-state index contributed by atoms with van der Waals surface area (Å²) in [7, 11) is 2.11. The Kier molecular flexibility index (Phi) is 3.76. The molecule has 0 saturated carbocycles. The van der Waals surface area contributed by atoms with Crippen LogP contribution in [-0.2, 0) is 0 Å². The van der Waals surface area contributed by atoms with E-state index in [1.165, 1.54) is 0 Å². The molecule has 2 N–H and O–H groups in total. The van der Waals surface area contributed by atoms with Gasteiger partial charge in [-0.2, -0.15) is 0 Å². The molecule has 1 unspecified atom stereocenters. The maximum absolute atomic E-state index is 6.24. The first-order chi connectivity index (χ1) is 8.50. The number of benzene rings is 1. The standard InChI is InChI=1S/C14H21N3S/c1-9(2)7-10(3)17(4)11-5-6-12-14(13(11)15)16-8-18-12/h5-6,8-10H,7,15H2,1-4H3. The average molecular weight is 263 g/mol. The van der Waals surface area contributed by atoms with Crippen LogP contribution in [0.5, 0.6) is 0 Å². The van der Waals surface area contributed by atoms with Crippen molar-refractivity contribution >= 4 is 32.9 Å². The van der Waals surface area contributed by atoms with E-state index in [1.807, 2.05) is 5.51 Å². The molecule has 1 aromatic carbocycles. The number of nitrogens with two attached hydrogens (primary N) is 1. The molecule has 0 fully saturated rings. The Hall–Kier alpha value is -1.29. The van der Waals surface area contributed by atoms with Gasteiger partial charge in [-0.25, -0.2) is 4.98 Å². The summed E-state index contributed by atoms with van der Waals surface area (Å²) in [4.78, 5) is 6.61. The summed E-state index contributed by atoms with van der Waals surface area (Å²) in [5.41, 5.74) is 10.9. The first-order valence-corrected chi connectivity index (χ1v) is 7.23. The summed E-state index contributed by atoms with van der Waals surface area (Å²) in [6.45, 7) is 6.74. The van der Waals surface area contributed by atoms with Crippen molar-refractivity contribution in [3.8, 4) is 0 Å². The van der Waals surface area contributed by atoms with Gasteiger partial charge >= 0.3 is 0 Å². The van der Waals surface area contributed by atoms with E-state index >= 15 is 0 Å². The molecule has 1 atom stereocenters. The van der Waals surface area contributed by atoms with Crippen molar-refractivity contribution in [1.29, 1.82) is 0 Å². The number of fused-ring (bicyclic) bond motifs is 1. The molecular formula is C14H21N3S. The van der Waals surface area contributed by atoms with Crippen LogP contribution in [0.4, 0.5) is 11.4 Å². The number of hydrogen-bond acceptors (Lipinski definition) is 4. The monoisotopic (exact) mass is 263 g/mol. The molecule has 18 heavy (non-hydrogen) atoms. The zero-order chi connectivity index (χ0) is 13.3. The molecule has 3 nitrogen and oxygen atoms in total. The van der Waals surface area contributed by atoms with E-state index in [1.54, 1.807) is 11.3 Å². The number of nitrogens with zero attached hydrogens (tertiary/aromatic N) is 2. The van der Waals surface area contributed by atoms with Crippen molar-refractivity contribution in [1.82, 2.24) is 4.98 Å². The molecule has 0 saturated heterocycles. The van der Waals surface area contributed by atoms with Crippen LogP contribution in [0.2, 0.25) is 0 Å². The Bertz CT molecular complexity index is 533. The number of nitrogen functional groups attached to an aromatic ring is 1. The Labute approximate surface area is 113 Å². The van der Waals surface area contributed by atoms with Gasteiger partial charge < -0.3 is 10.6 Å². The first-order valence-electron chi connectivity index (χ1n) is 6.35. The SMILES string of the molecule is CC(C)CC(C)N(C)c1ccc2scnc2c1N. The Morgan fingerprint density at radius 1 is 1.33 bits per heavy atom. The summed E-state index contributed by atoms with van der Waals surface area (Å²) in [6.07, 6.45) is 1.16. The van der Waals surface area contributed by atoms with Gasteiger partial charge in [-0.3, -0.25) is 0 Å². The fourth-order valence-electron chi connectivity index (χ4n) is 2.33. The van der Waals surface area contributed by atoms with Crippen LogP contribution in [0.25, 0.3) is 10.2 Å². The predicted octanol–water partition coefficient (Wildman–Crippen LogP) is 3.75. The van der Waals surface area contributed by atoms with Crippen LogP contribution < -0.4 is 10.6 Å². The van der Waals surface area contributed by atoms with E-state index in [-0.39, 0.29) is 0 Å². The highest BCUT2D eigenvalue weighted by Crippen LogP contribution is 2.33. The second-order valence-corrected chi connectivity index (χ2v) is 6.17. The molecule has 2 aromatic rings. The van der Waals surface area contributed by atoms with Gasteiger partial charge in [0.1, 0.15) is 5.52 Å². The minimum absolute atomic E-state index is 0.475. The second-order valence-electron chi connectivity index (χ2n) is 5.29. The molecular weight excluding hydrogens is 242 g/mol. The maximum Gasteiger partial charge on any atom is 0.106 e. The Balaban J connectivity index is 2.32. The topological polar surface area (TPSA) is 42.2 Å². The third-order valence-corrected chi connectivity index (χ3v) is 4.17. The zero-order valence-electron chi connectivity index (χ0n) is 11.5. The highest BCUT2D eigenvalue weighted by atomic mass is 32.1. The van der Waals surface area contributed by atoms with Gasteiger partial charge in [0.25, 0.3) is 0 Å². The second kappa shape index (κ2) is 5.14. The van der Waals surface area contributed by atoms with Crippen LogP contribution in [0, 0.1) is 5.92 Å². The third-order valence-electron chi connectivity index (χ3n) is 3.37. The molecule has 4 heteroatoms. The minimum atomic E-state index is 0.475. The minimum Gasteiger partial charge on any atom is -0.395 e. The average Bonchev–Trinajstić information content (AvgIpc) is 2.76. The fraction of sp³-hybridized carbons (Fsp3) is 0.500. The van der Waals surface area contributed by atoms with E-state index in [0.29, 0.717) is 12.0 Å². The van der Waals surface area contributed by atoms with Gasteiger partial charge in [-0.1, -0.05) is 13.8 Å². The van der Waals surface area contributed by atoms with Gasteiger partial charge in [0.15, 0.2) is 0 Å². The molecule has 0 aliphatic heterocycles. The molecule has 2 rings (SSSR count). The van der Waals surface area contributed by atoms with Crippen molar-refractivity contribution in [2.75, 3.05) is 17.7 Å². The van der Waals surface area contributed by atoms with Gasteiger partial charge in [-0.15, -0.1) is 11.3 Å². The molecule has 0 amide bonds. The molecule has 1 heterocycles. The summed E-state index contributed by atoms with van der Waals surface area (Å²) in [5.74, 6) is 0.687. The van der Waals surface area contributed by atoms with Crippen LogP contribution in [-0.4, -0.2) is 18.1 Å². The lowest BCUT2D eigenvalue weighted by Crippen LogP contribution is -2.30. The summed E-state index contributed by atoms with van der Waals surface area (Å²) < 4.78 is 1.15. The van der Waals surface area contributed by atoms with Crippen molar-refractivity contribution in [3.63, 3.8) is 0 Å². The zero-order valence-corrected chi connectivity index (χ0v) is 12.3. The normalized spacial score (nSPS) is 13.2. The number of rotatable bonds is 4. The molecule has 0 spiro atoms. The van der Waals surface area contributed by atoms with Crippen LogP contribution in [0.1, 0.15) is 27.2 Å². The molecule has 0 aliphatic rings. The summed E-state index contributed by atoms with van der Waals surface area (Å²) in [5, 5.41) is 0. The van der Waals surface area contributed by atoms with E-state index in [9.17, 15) is 0 Å². The first kappa shape index (κ1) is 13.1. The van der Waals surface area contributed by atoms with E-state index < -0.39 is 0 Å². The fourth-order valence-corrected chi connectivity index (χ4v) is 3.02. The molecule has 0 radical (unpaired) electrons. The van der Waals surface area contributed by atoms with Crippen molar-refractivity contribution in [3.05, 3.63) is 17.6 Å². The number of thiazole rings is 1. The van der Waals surface area contributed by atoms with Crippen LogP contribution >= 0.6 is 11.3 Å². The van der Waals surface area contributed by atoms with Gasteiger partial charge in [0, 0.05) is 13.1 Å². The lowest BCUT2D eigenvalue weighted by atomic mass is 10.0. The largest absolute Gasteiger partial charge is 0.395 e. The number of anilines is 2. The highest BCUT2D eigenvalue weighted by Gasteiger charge is 2.16. The van der Waals surface area contributed by atoms with Gasteiger partial charge in [-0.05, 0) is 31.4 Å². The van der Waals surface area contributed by atoms with E-state index in [0.717, 1.165) is 28.0 Å². The van der Waals surface area contributed by atoms with Gasteiger partial charge in [0.05, 0.1) is 21.6 Å². The smallest absolute Gasteiger partial charge is 0.106 e.